The van der Waals surface area contributed by atoms with Gasteiger partial charge >= 0.3 is 0 Å². The second-order valence-electron chi connectivity index (χ2n) is 2.45. The summed E-state index contributed by atoms with van der Waals surface area (Å²) in [5.74, 6) is 0.887. The van der Waals surface area contributed by atoms with Gasteiger partial charge < -0.3 is 0 Å². The van der Waals surface area contributed by atoms with E-state index in [1.54, 1.807) is 0 Å². The summed E-state index contributed by atoms with van der Waals surface area (Å²) in [5.41, 5.74) is 0.458. The Labute approximate surface area is 37.1 Å². The largest absolute Gasteiger partial charge is 0.290 e. The molecule has 1 aliphatic carbocycles. The highest BCUT2D eigenvalue weighted by atomic mass is 15.0. The molecule has 0 saturated heterocycles. The first kappa shape index (κ1) is 2.78. The van der Waals surface area contributed by atoms with Gasteiger partial charge in [0.05, 0.1) is 5.54 Å². The zero-order chi connectivity index (χ0) is 4.20. The van der Waals surface area contributed by atoms with E-state index < -0.39 is 0 Å². The van der Waals surface area contributed by atoms with E-state index in [4.69, 9.17) is 0 Å². The Bertz CT molecular complexity index is 117. The van der Waals surface area contributed by atoms with Crippen molar-refractivity contribution in [2.45, 2.75) is 18.9 Å². The average Bonchev–Trinajstić information content (AvgIpc) is 1.88. The van der Waals surface area contributed by atoms with Crippen molar-refractivity contribution in [3.63, 3.8) is 0 Å². The molecule has 1 aliphatic heterocycles. The van der Waals surface area contributed by atoms with Gasteiger partial charge in [-0.1, -0.05) is 0 Å². The van der Waals surface area contributed by atoms with Crippen molar-refractivity contribution >= 4 is 6.21 Å². The number of nitrogens with zero attached hydrogens (tertiary/aromatic N) is 1. The average molecular weight is 81.1 g/mol. The van der Waals surface area contributed by atoms with Crippen molar-refractivity contribution < 1.29 is 0 Å². The zero-order valence-corrected chi connectivity index (χ0v) is 3.81. The van der Waals surface area contributed by atoms with Crippen molar-refractivity contribution in [3.05, 3.63) is 0 Å². The summed E-state index contributed by atoms with van der Waals surface area (Å²) >= 11 is 0. The van der Waals surface area contributed by atoms with E-state index in [1.807, 2.05) is 0 Å². The van der Waals surface area contributed by atoms with Crippen LogP contribution in [0, 0.1) is 5.92 Å². The van der Waals surface area contributed by atoms with Crippen molar-refractivity contribution in [1.29, 1.82) is 0 Å². The van der Waals surface area contributed by atoms with Gasteiger partial charge in [0.1, 0.15) is 0 Å². The summed E-state index contributed by atoms with van der Waals surface area (Å²) < 4.78 is 0. The summed E-state index contributed by atoms with van der Waals surface area (Å²) in [4.78, 5) is 4.15. The summed E-state index contributed by atoms with van der Waals surface area (Å²) in [6.07, 6.45) is 3.38. The van der Waals surface area contributed by atoms with Crippen LogP contribution >= 0.6 is 0 Å². The minimum absolute atomic E-state index is 0.458. The molecular weight excluding hydrogens is 74.1 g/mol. The van der Waals surface area contributed by atoms with E-state index in [0.717, 1.165) is 5.92 Å². The number of aliphatic imine (C=N–C) groups is 1. The molecule has 2 atom stereocenters. The maximum Gasteiger partial charge on any atom is 0.0661 e. The van der Waals surface area contributed by atoms with E-state index in [1.165, 1.54) is 6.42 Å². The fourth-order valence-corrected chi connectivity index (χ4v) is 0.926. The van der Waals surface area contributed by atoms with Gasteiger partial charge in [0.25, 0.3) is 0 Å². The van der Waals surface area contributed by atoms with Gasteiger partial charge in [-0.25, -0.2) is 0 Å². The van der Waals surface area contributed by atoms with E-state index >= 15 is 0 Å². The molecule has 2 rings (SSSR count). The fourth-order valence-electron chi connectivity index (χ4n) is 0.926. The highest BCUT2D eigenvalue weighted by Gasteiger charge is 2.54. The molecule has 1 heteroatoms. The van der Waals surface area contributed by atoms with Gasteiger partial charge in [-0.3, -0.25) is 4.99 Å². The summed E-state index contributed by atoms with van der Waals surface area (Å²) in [6.45, 7) is 2.21. The quantitative estimate of drug-likeness (QED) is 0.410. The van der Waals surface area contributed by atoms with Crippen LogP contribution in [-0.2, 0) is 0 Å². The zero-order valence-electron chi connectivity index (χ0n) is 3.81. The maximum absolute atomic E-state index is 4.15. The number of hydrogen-bond donors (Lipinski definition) is 0. The van der Waals surface area contributed by atoms with Crippen molar-refractivity contribution in [3.8, 4) is 0 Å². The third-order valence-corrected chi connectivity index (χ3v) is 1.82. The van der Waals surface area contributed by atoms with Crippen LogP contribution in [0.15, 0.2) is 4.99 Å². The first-order chi connectivity index (χ1) is 2.81. The molecule has 32 valence electrons. The van der Waals surface area contributed by atoms with Gasteiger partial charge in [-0.2, -0.15) is 0 Å². The van der Waals surface area contributed by atoms with Gasteiger partial charge in [0.15, 0.2) is 0 Å². The van der Waals surface area contributed by atoms with Crippen LogP contribution in [-0.4, -0.2) is 11.8 Å². The molecule has 1 nitrogen and oxygen atoms in total. The second kappa shape index (κ2) is 0.462. The molecule has 0 aromatic rings. The van der Waals surface area contributed by atoms with Crippen LogP contribution in [0.25, 0.3) is 0 Å². The predicted molar refractivity (Wildman–Crippen MR) is 25.0 cm³/mol. The first-order valence-corrected chi connectivity index (χ1v) is 2.37. The van der Waals surface area contributed by atoms with Crippen molar-refractivity contribution in [2.75, 3.05) is 0 Å². The van der Waals surface area contributed by atoms with E-state index in [0.29, 0.717) is 5.54 Å². The molecule has 0 N–H and O–H groups in total. The molecule has 1 fully saturated rings. The van der Waals surface area contributed by atoms with E-state index in [-0.39, 0.29) is 0 Å². The molecule has 2 unspecified atom stereocenters. The topological polar surface area (TPSA) is 12.4 Å². The lowest BCUT2D eigenvalue weighted by Crippen LogP contribution is -2.11. The normalized spacial score (nSPS) is 59.8. The van der Waals surface area contributed by atoms with E-state index in [9.17, 15) is 0 Å². The molecule has 1 heterocycles. The Kier molecular flexibility index (Phi) is 0.214. The lowest BCUT2D eigenvalue weighted by atomic mass is 10.2. The highest BCUT2D eigenvalue weighted by Crippen LogP contribution is 2.51. The second-order valence-corrected chi connectivity index (χ2v) is 2.45. The van der Waals surface area contributed by atoms with Crippen LogP contribution in [0.2, 0.25) is 0 Å². The molecule has 0 aromatic heterocycles. The predicted octanol–water partition coefficient (Wildman–Crippen LogP) is 0.849. The molecule has 0 amide bonds. The first-order valence-electron chi connectivity index (χ1n) is 2.37. The number of hydrogen-bond acceptors (Lipinski definition) is 1. The fraction of sp³-hybridized carbons (Fsp3) is 0.800. The monoisotopic (exact) mass is 81.1 g/mol. The third-order valence-electron chi connectivity index (χ3n) is 1.82. The minimum Gasteiger partial charge on any atom is -0.290 e. The van der Waals surface area contributed by atoms with Gasteiger partial charge in [0.2, 0.25) is 0 Å². The number of fused-ring (bicyclic) bond motifs is 1. The lowest BCUT2D eigenvalue weighted by molar-refractivity contribution is 0.692. The molecule has 0 bridgehead atoms. The maximum atomic E-state index is 4.15. The molecule has 6 heavy (non-hydrogen) atoms. The van der Waals surface area contributed by atoms with Gasteiger partial charge in [-0.15, -0.1) is 0 Å². The van der Waals surface area contributed by atoms with Crippen LogP contribution in [0.5, 0.6) is 0 Å². The van der Waals surface area contributed by atoms with Gasteiger partial charge in [0, 0.05) is 12.1 Å². The van der Waals surface area contributed by atoms with E-state index in [2.05, 4.69) is 18.1 Å². The molecule has 1 saturated carbocycles. The Morgan fingerprint density at radius 2 is 2.67 bits per heavy atom. The Morgan fingerprint density at radius 1 is 2.00 bits per heavy atom. The number of rotatable bonds is 0. The van der Waals surface area contributed by atoms with Crippen LogP contribution in [0.4, 0.5) is 0 Å². The smallest absolute Gasteiger partial charge is 0.0661 e. The molecule has 0 spiro atoms. The summed E-state index contributed by atoms with van der Waals surface area (Å²) in [6, 6.07) is 0. The van der Waals surface area contributed by atoms with Crippen LogP contribution in [0.3, 0.4) is 0 Å². The van der Waals surface area contributed by atoms with Crippen molar-refractivity contribution in [1.82, 2.24) is 0 Å². The lowest BCUT2D eigenvalue weighted by Gasteiger charge is -2.07. The molecule has 2 aliphatic rings. The Hall–Kier alpha value is -0.330. The standard InChI is InChI=1S/C5H7N/c1-5-2-4(5)3-6-5/h3-4H,2H2,1H3. The molecule has 0 aromatic carbocycles. The highest BCUT2D eigenvalue weighted by molar-refractivity contribution is 5.76. The van der Waals surface area contributed by atoms with Crippen LogP contribution < -0.4 is 0 Å². The SMILES string of the molecule is CC12CC1C=N2. The minimum atomic E-state index is 0.458. The third kappa shape index (κ3) is 0.122. The Morgan fingerprint density at radius 3 is 2.67 bits per heavy atom. The van der Waals surface area contributed by atoms with Crippen molar-refractivity contribution in [2.24, 2.45) is 10.9 Å². The molecule has 0 radical (unpaired) electrons. The summed E-state index contributed by atoms with van der Waals surface area (Å²) in [5, 5.41) is 0. The molecular formula is C5H7N. The van der Waals surface area contributed by atoms with Crippen LogP contribution in [0.1, 0.15) is 13.3 Å². The summed E-state index contributed by atoms with van der Waals surface area (Å²) in [7, 11) is 0. The Balaban J connectivity index is 2.42. The van der Waals surface area contributed by atoms with Gasteiger partial charge in [-0.05, 0) is 13.3 Å².